The van der Waals surface area contributed by atoms with Crippen molar-refractivity contribution in [3.8, 4) is 0 Å². The van der Waals surface area contributed by atoms with Gasteiger partial charge in [0.15, 0.2) is 0 Å². The van der Waals surface area contributed by atoms with Gasteiger partial charge in [0, 0.05) is 76.5 Å². The van der Waals surface area contributed by atoms with E-state index in [1.54, 1.807) is 0 Å². The molecule has 6 heteroatoms. The lowest BCUT2D eigenvalue weighted by molar-refractivity contribution is 0.165. The predicted molar refractivity (Wildman–Crippen MR) is 219 cm³/mol. The van der Waals surface area contributed by atoms with Crippen LogP contribution in [0.3, 0.4) is 0 Å². The van der Waals surface area contributed by atoms with Gasteiger partial charge in [0.2, 0.25) is 0 Å². The third kappa shape index (κ3) is 21.9. The second-order valence-electron chi connectivity index (χ2n) is 13.3. The largest absolute Gasteiger partial charge is 0.359 e. The van der Waals surface area contributed by atoms with Gasteiger partial charge in [-0.3, -0.25) is 0 Å². The van der Waals surface area contributed by atoms with Gasteiger partial charge in [0.1, 0.15) is 0 Å². The van der Waals surface area contributed by atoms with E-state index in [2.05, 4.69) is 122 Å². The van der Waals surface area contributed by atoms with Crippen LogP contribution in [0.15, 0.2) is 37.2 Å². The molecule has 6 nitrogen and oxygen atoms in total. The van der Waals surface area contributed by atoms with E-state index >= 15 is 0 Å². The summed E-state index contributed by atoms with van der Waals surface area (Å²) in [7, 11) is 0. The first kappa shape index (κ1) is 50.4. The zero-order chi connectivity index (χ0) is 33.1. The lowest BCUT2D eigenvalue weighted by Crippen LogP contribution is -2.36. The Morgan fingerprint density at radius 3 is 1.02 bits per heavy atom. The van der Waals surface area contributed by atoms with E-state index in [9.17, 15) is 0 Å². The van der Waals surface area contributed by atoms with Gasteiger partial charge in [0.05, 0.1) is 19.0 Å². The average Bonchev–Trinajstić information content (AvgIpc) is 3.77. The van der Waals surface area contributed by atoms with Gasteiger partial charge >= 0.3 is 0 Å². The van der Waals surface area contributed by atoms with Crippen molar-refractivity contribution in [3.05, 3.63) is 59.5 Å². The van der Waals surface area contributed by atoms with E-state index in [1.807, 2.05) is 0 Å². The summed E-state index contributed by atoms with van der Waals surface area (Å²) in [6, 6.07) is 0. The molecule has 3 heterocycles. The molecule has 0 aliphatic carbocycles. The van der Waals surface area contributed by atoms with E-state index in [4.69, 9.17) is 0 Å². The Hall–Kier alpha value is -1.98. The van der Waals surface area contributed by atoms with Crippen LogP contribution >= 0.6 is 0 Å². The third-order valence-corrected chi connectivity index (χ3v) is 9.55. The van der Waals surface area contributed by atoms with Crippen LogP contribution in [0.1, 0.15) is 158 Å². The molecule has 48 heavy (non-hydrogen) atoms. The Kier molecular flexibility index (Phi) is 35.2. The van der Waals surface area contributed by atoms with Crippen molar-refractivity contribution < 1.29 is 0 Å². The molecular weight excluding hydrogens is 589 g/mol. The van der Waals surface area contributed by atoms with E-state index in [1.165, 1.54) is 129 Å². The normalized spacial score (nSPS) is 16.4. The van der Waals surface area contributed by atoms with Crippen LogP contribution < -0.4 is 0 Å². The number of rotatable bonds is 22. The van der Waals surface area contributed by atoms with Crippen molar-refractivity contribution in [1.29, 1.82) is 0 Å². The number of hydrogen-bond donors (Lipinski definition) is 0. The van der Waals surface area contributed by atoms with Gasteiger partial charge < -0.3 is 51.7 Å². The fourth-order valence-electron chi connectivity index (χ4n) is 6.15. The first-order valence-electron chi connectivity index (χ1n) is 19.5. The number of unbranched alkanes of at least 4 members (excludes halogenated alkanes) is 12. The summed E-state index contributed by atoms with van der Waals surface area (Å²) in [5, 5.41) is 0. The Labute approximate surface area is 304 Å². The summed E-state index contributed by atoms with van der Waals surface area (Å²) in [4.78, 5) is 14.5. The lowest BCUT2D eigenvalue weighted by Gasteiger charge is -2.29. The molecule has 0 fully saturated rings. The third-order valence-electron chi connectivity index (χ3n) is 9.55. The predicted octanol–water partition coefficient (Wildman–Crippen LogP) is 11.6. The summed E-state index contributed by atoms with van der Waals surface area (Å²) in [6.45, 7) is 26.3. The van der Waals surface area contributed by atoms with Crippen molar-refractivity contribution in [3.63, 3.8) is 0 Å². The topological polar surface area (TPSA) is 19.4 Å². The van der Waals surface area contributed by atoms with Gasteiger partial charge in [-0.15, -0.1) is 0 Å². The maximum atomic E-state index is 2.50. The van der Waals surface area contributed by atoms with Gasteiger partial charge in [0.25, 0.3) is 0 Å². The first-order valence-corrected chi connectivity index (χ1v) is 19.5. The Bertz CT molecular complexity index is 730. The van der Waals surface area contributed by atoms with Gasteiger partial charge in [-0.05, 0) is 53.4 Å². The van der Waals surface area contributed by atoms with Crippen molar-refractivity contribution >= 4 is 0 Å². The van der Waals surface area contributed by atoms with Crippen LogP contribution in [0.4, 0.5) is 0 Å². The standard InChI is InChI=1S/C16H32N2.C12H24N2.C11H22N2.3CH3/c1-4-6-8-10-12-17-14-15-18(16(17)3)13-11-9-7-5-2;1-4-6-7-8-9-14-11-10-13(5-2)12(14)3;1-3-5-6-7-8-13-10-9-12(4-2)11-13;;;/h14-16H,4-13H2,1-3H3;10-12H,4-9H2,1-3H3;9-10H,3-8,11H2,1-2H3;3*1H3/q;;;3*-1. The summed E-state index contributed by atoms with van der Waals surface area (Å²) in [6.07, 6.45) is 36.3. The highest BCUT2D eigenvalue weighted by Crippen LogP contribution is 2.18. The van der Waals surface area contributed by atoms with Crippen LogP contribution in [-0.4, -0.2) is 87.7 Å². The van der Waals surface area contributed by atoms with E-state index < -0.39 is 0 Å². The molecule has 0 aromatic heterocycles. The molecule has 3 aliphatic rings. The highest BCUT2D eigenvalue weighted by molar-refractivity contribution is 4.96. The van der Waals surface area contributed by atoms with Gasteiger partial charge in [-0.25, -0.2) is 0 Å². The molecule has 0 saturated heterocycles. The minimum absolute atomic E-state index is 0. The number of nitrogens with zero attached hydrogens (tertiary/aromatic N) is 6. The van der Waals surface area contributed by atoms with Crippen molar-refractivity contribution in [2.24, 2.45) is 0 Å². The maximum absolute atomic E-state index is 2.50. The van der Waals surface area contributed by atoms with Gasteiger partial charge in [-0.1, -0.05) is 105 Å². The fourth-order valence-corrected chi connectivity index (χ4v) is 6.15. The molecular formula is C42H87N6-3. The smallest absolute Gasteiger partial charge is 0.0977 e. The second-order valence-corrected chi connectivity index (χ2v) is 13.3. The zero-order valence-electron chi connectivity index (χ0n) is 34.6. The molecule has 0 radical (unpaired) electrons. The molecule has 0 spiro atoms. The molecule has 1 atom stereocenters. The highest BCUT2D eigenvalue weighted by atomic mass is 15.4. The van der Waals surface area contributed by atoms with Crippen molar-refractivity contribution in [2.45, 2.75) is 170 Å². The molecule has 1 unspecified atom stereocenters. The highest BCUT2D eigenvalue weighted by Gasteiger charge is 2.21. The Morgan fingerprint density at radius 1 is 0.375 bits per heavy atom. The molecule has 0 aromatic carbocycles. The minimum atomic E-state index is 0. The van der Waals surface area contributed by atoms with E-state index in [-0.39, 0.29) is 22.3 Å². The molecule has 0 N–H and O–H groups in total. The molecule has 0 aromatic rings. The Balaban J connectivity index is -0.000000622. The van der Waals surface area contributed by atoms with Crippen LogP contribution in [0.5, 0.6) is 0 Å². The molecule has 0 saturated carbocycles. The summed E-state index contributed by atoms with van der Waals surface area (Å²) >= 11 is 0. The van der Waals surface area contributed by atoms with Gasteiger partial charge in [-0.2, -0.15) is 0 Å². The Morgan fingerprint density at radius 2 is 0.708 bits per heavy atom. The zero-order valence-corrected chi connectivity index (χ0v) is 34.6. The average molecular weight is 676 g/mol. The van der Waals surface area contributed by atoms with Crippen molar-refractivity contribution in [2.75, 3.05) is 45.9 Å². The molecule has 0 amide bonds. The molecule has 3 rings (SSSR count). The number of hydrogen-bond acceptors (Lipinski definition) is 6. The lowest BCUT2D eigenvalue weighted by atomic mass is 10.2. The van der Waals surface area contributed by atoms with Crippen LogP contribution in [-0.2, 0) is 0 Å². The summed E-state index contributed by atoms with van der Waals surface area (Å²) in [5.41, 5.74) is 0. The monoisotopic (exact) mass is 676 g/mol. The fraction of sp³-hybridized carbons (Fsp3) is 0.786. The minimum Gasteiger partial charge on any atom is -0.359 e. The quantitative estimate of drug-likeness (QED) is 0.0834. The first-order chi connectivity index (χ1) is 21.9. The summed E-state index contributed by atoms with van der Waals surface area (Å²) in [5.74, 6) is 0. The molecule has 0 bridgehead atoms. The van der Waals surface area contributed by atoms with Crippen LogP contribution in [0.25, 0.3) is 0 Å². The molecule has 288 valence electrons. The molecule has 3 aliphatic heterocycles. The van der Waals surface area contributed by atoms with E-state index in [0.717, 1.165) is 19.8 Å². The summed E-state index contributed by atoms with van der Waals surface area (Å²) < 4.78 is 0. The second kappa shape index (κ2) is 33.5. The van der Waals surface area contributed by atoms with Crippen LogP contribution in [0, 0.1) is 22.3 Å². The van der Waals surface area contributed by atoms with Crippen molar-refractivity contribution in [1.82, 2.24) is 29.4 Å². The SMILES string of the molecule is CCCCCCN1C=CN(CC)C1.CCCCCCN1C=CN(CC)C1C.CCCCCCN1C=CN(CCCCCC)C1C.[CH3-].[CH3-].[CH3-]. The maximum Gasteiger partial charge on any atom is 0.0977 e. The van der Waals surface area contributed by atoms with E-state index in [0.29, 0.717) is 12.3 Å². The van der Waals surface area contributed by atoms with Crippen LogP contribution in [0.2, 0.25) is 0 Å².